The summed E-state index contributed by atoms with van der Waals surface area (Å²) < 4.78 is 18.2. The molecule has 1 aliphatic rings. The van der Waals surface area contributed by atoms with Crippen LogP contribution in [0.5, 0.6) is 11.6 Å². The van der Waals surface area contributed by atoms with E-state index in [9.17, 15) is 4.79 Å². The van der Waals surface area contributed by atoms with Gasteiger partial charge >= 0.3 is 0 Å². The normalized spacial score (nSPS) is 14.7. The minimum Gasteiger partial charge on any atom is -0.490 e. The fourth-order valence-corrected chi connectivity index (χ4v) is 3.46. The third-order valence-corrected chi connectivity index (χ3v) is 4.90. The number of carbonyl (C=O) groups excluding carboxylic acids is 1. The fraction of sp³-hybridized carbons (Fsp3) is 0.381. The molecule has 0 saturated carbocycles. The number of anilines is 1. The number of pyridine rings is 2. The van der Waals surface area contributed by atoms with Gasteiger partial charge in [-0.3, -0.25) is 4.79 Å². The standard InChI is InChI=1S/C21H24N4O4/c1-3-29-18-11-15(22-21(26)16-5-4-6-19(23-16)27-2)12-25-13-17(24-20(18)25)14-7-9-28-10-8-14/h4-6,11-14H,3,7-10H2,1-2H3,(H,22,26). The second-order valence-electron chi connectivity index (χ2n) is 6.83. The molecule has 8 nitrogen and oxygen atoms in total. The van der Waals surface area contributed by atoms with E-state index < -0.39 is 0 Å². The van der Waals surface area contributed by atoms with Crippen molar-refractivity contribution in [2.24, 2.45) is 0 Å². The van der Waals surface area contributed by atoms with Gasteiger partial charge in [-0.15, -0.1) is 0 Å². The van der Waals surface area contributed by atoms with Gasteiger partial charge in [-0.25, -0.2) is 9.97 Å². The Bertz CT molecular complexity index is 1010. The number of ether oxygens (including phenoxy) is 3. The van der Waals surface area contributed by atoms with Gasteiger partial charge in [-0.1, -0.05) is 6.07 Å². The molecule has 0 aliphatic carbocycles. The molecule has 1 aliphatic heterocycles. The predicted molar refractivity (Wildman–Crippen MR) is 108 cm³/mol. The van der Waals surface area contributed by atoms with Crippen LogP contribution in [0.3, 0.4) is 0 Å². The summed E-state index contributed by atoms with van der Waals surface area (Å²) in [6.45, 7) is 3.94. The van der Waals surface area contributed by atoms with Crippen molar-refractivity contribution in [1.82, 2.24) is 14.4 Å². The maximum Gasteiger partial charge on any atom is 0.274 e. The van der Waals surface area contributed by atoms with Crippen LogP contribution in [-0.2, 0) is 4.74 Å². The van der Waals surface area contributed by atoms with E-state index >= 15 is 0 Å². The number of aromatic nitrogens is 3. The SMILES string of the molecule is CCOc1cc(NC(=O)c2cccc(OC)n2)cn2cc(C3CCOCC3)nc12. The average Bonchev–Trinajstić information content (AvgIpc) is 3.19. The Kier molecular flexibility index (Phi) is 5.62. The average molecular weight is 396 g/mol. The maximum atomic E-state index is 12.6. The first kappa shape index (κ1) is 19.2. The number of nitrogens with one attached hydrogen (secondary N) is 1. The van der Waals surface area contributed by atoms with Crippen molar-refractivity contribution in [2.45, 2.75) is 25.7 Å². The van der Waals surface area contributed by atoms with Gasteiger partial charge in [0.05, 0.1) is 25.1 Å². The third-order valence-electron chi connectivity index (χ3n) is 4.90. The smallest absolute Gasteiger partial charge is 0.274 e. The lowest BCUT2D eigenvalue weighted by atomic mass is 9.97. The van der Waals surface area contributed by atoms with Crippen LogP contribution in [0.1, 0.15) is 41.9 Å². The molecule has 3 aromatic rings. The van der Waals surface area contributed by atoms with Gasteiger partial charge in [0.1, 0.15) is 5.69 Å². The highest BCUT2D eigenvalue weighted by Crippen LogP contribution is 2.30. The Morgan fingerprint density at radius 2 is 2.10 bits per heavy atom. The van der Waals surface area contributed by atoms with Gasteiger partial charge < -0.3 is 23.9 Å². The summed E-state index contributed by atoms with van der Waals surface area (Å²) in [6.07, 6.45) is 5.76. The highest BCUT2D eigenvalue weighted by Gasteiger charge is 2.20. The van der Waals surface area contributed by atoms with E-state index in [-0.39, 0.29) is 11.6 Å². The molecule has 4 rings (SSSR count). The largest absolute Gasteiger partial charge is 0.490 e. The highest BCUT2D eigenvalue weighted by molar-refractivity contribution is 6.03. The van der Waals surface area contributed by atoms with Crippen molar-refractivity contribution in [1.29, 1.82) is 0 Å². The lowest BCUT2D eigenvalue weighted by Crippen LogP contribution is -2.14. The van der Waals surface area contributed by atoms with Crippen LogP contribution >= 0.6 is 0 Å². The number of methoxy groups -OCH3 is 1. The molecule has 0 bridgehead atoms. The van der Waals surface area contributed by atoms with E-state index in [0.29, 0.717) is 29.8 Å². The number of carbonyl (C=O) groups is 1. The van der Waals surface area contributed by atoms with Crippen LogP contribution in [-0.4, -0.2) is 47.2 Å². The summed E-state index contributed by atoms with van der Waals surface area (Å²) in [6, 6.07) is 6.85. The summed E-state index contributed by atoms with van der Waals surface area (Å²) >= 11 is 0. The summed E-state index contributed by atoms with van der Waals surface area (Å²) in [4.78, 5) is 21.6. The highest BCUT2D eigenvalue weighted by atomic mass is 16.5. The van der Waals surface area contributed by atoms with Crippen molar-refractivity contribution in [3.05, 3.63) is 48.0 Å². The zero-order chi connectivity index (χ0) is 20.2. The van der Waals surface area contributed by atoms with Crippen molar-refractivity contribution in [3.63, 3.8) is 0 Å². The molecule has 0 atom stereocenters. The molecule has 0 spiro atoms. The van der Waals surface area contributed by atoms with Gasteiger partial charge in [0.25, 0.3) is 5.91 Å². The minimum absolute atomic E-state index is 0.274. The molecule has 29 heavy (non-hydrogen) atoms. The van der Waals surface area contributed by atoms with Crippen LogP contribution < -0.4 is 14.8 Å². The zero-order valence-corrected chi connectivity index (χ0v) is 16.6. The van der Waals surface area contributed by atoms with Crippen LogP contribution in [0.15, 0.2) is 36.7 Å². The number of rotatable bonds is 6. The first-order valence-corrected chi connectivity index (χ1v) is 9.73. The second kappa shape index (κ2) is 8.48. The Morgan fingerprint density at radius 1 is 1.28 bits per heavy atom. The molecule has 1 N–H and O–H groups in total. The maximum absolute atomic E-state index is 12.6. The predicted octanol–water partition coefficient (Wildman–Crippen LogP) is 3.28. The summed E-state index contributed by atoms with van der Waals surface area (Å²) in [5.41, 5.74) is 2.64. The van der Waals surface area contributed by atoms with Crippen molar-refractivity contribution in [2.75, 3.05) is 32.2 Å². The van der Waals surface area contributed by atoms with Gasteiger partial charge in [-0.2, -0.15) is 0 Å². The Hall–Kier alpha value is -3.13. The Morgan fingerprint density at radius 3 is 2.86 bits per heavy atom. The van der Waals surface area contributed by atoms with Gasteiger partial charge in [0.2, 0.25) is 5.88 Å². The number of hydrogen-bond acceptors (Lipinski definition) is 6. The molecule has 4 heterocycles. The van der Waals surface area contributed by atoms with E-state index in [2.05, 4.69) is 10.3 Å². The topological polar surface area (TPSA) is 87.0 Å². The number of amides is 1. The molecule has 8 heteroatoms. The van der Waals surface area contributed by atoms with Gasteiger partial charge in [-0.05, 0) is 25.8 Å². The first-order valence-electron chi connectivity index (χ1n) is 9.73. The van der Waals surface area contributed by atoms with E-state index in [1.165, 1.54) is 7.11 Å². The molecule has 1 saturated heterocycles. The summed E-state index contributed by atoms with van der Waals surface area (Å²) in [5.74, 6) is 1.06. The van der Waals surface area contributed by atoms with E-state index in [4.69, 9.17) is 19.2 Å². The molecular formula is C21H24N4O4. The molecule has 3 aromatic heterocycles. The lowest BCUT2D eigenvalue weighted by molar-refractivity contribution is 0.0846. The Labute approximate surface area is 168 Å². The molecule has 0 aromatic carbocycles. The van der Waals surface area contributed by atoms with Crippen molar-refractivity contribution < 1.29 is 19.0 Å². The molecule has 1 amide bonds. The molecule has 0 unspecified atom stereocenters. The van der Waals surface area contributed by atoms with Crippen LogP contribution in [0.4, 0.5) is 5.69 Å². The third kappa shape index (κ3) is 4.17. The first-order chi connectivity index (χ1) is 14.2. The monoisotopic (exact) mass is 396 g/mol. The minimum atomic E-state index is -0.324. The lowest BCUT2D eigenvalue weighted by Gasteiger charge is -2.19. The summed E-state index contributed by atoms with van der Waals surface area (Å²) in [7, 11) is 1.52. The van der Waals surface area contributed by atoms with E-state index in [0.717, 1.165) is 37.4 Å². The van der Waals surface area contributed by atoms with Crippen LogP contribution in [0.2, 0.25) is 0 Å². The number of fused-ring (bicyclic) bond motifs is 1. The van der Waals surface area contributed by atoms with Crippen LogP contribution in [0, 0.1) is 0 Å². The van der Waals surface area contributed by atoms with Gasteiger partial charge in [0, 0.05) is 43.7 Å². The number of nitrogens with zero attached hydrogens (tertiary/aromatic N) is 3. The molecular weight excluding hydrogens is 372 g/mol. The van der Waals surface area contributed by atoms with Crippen LogP contribution in [0.25, 0.3) is 5.65 Å². The molecule has 0 radical (unpaired) electrons. The van der Waals surface area contributed by atoms with E-state index in [1.54, 1.807) is 24.3 Å². The second-order valence-corrected chi connectivity index (χ2v) is 6.83. The number of hydrogen-bond donors (Lipinski definition) is 1. The van der Waals surface area contributed by atoms with Crippen molar-refractivity contribution >= 4 is 17.2 Å². The molecule has 152 valence electrons. The number of imidazole rings is 1. The van der Waals surface area contributed by atoms with E-state index in [1.807, 2.05) is 23.7 Å². The zero-order valence-electron chi connectivity index (χ0n) is 16.6. The Balaban J connectivity index is 1.64. The quantitative estimate of drug-likeness (QED) is 0.688. The summed E-state index contributed by atoms with van der Waals surface area (Å²) in [5, 5.41) is 2.88. The molecule has 1 fully saturated rings. The fourth-order valence-electron chi connectivity index (χ4n) is 3.46. The van der Waals surface area contributed by atoms with Gasteiger partial charge in [0.15, 0.2) is 11.4 Å². The van der Waals surface area contributed by atoms with Crippen molar-refractivity contribution in [3.8, 4) is 11.6 Å².